The van der Waals surface area contributed by atoms with Crippen molar-refractivity contribution in [1.29, 1.82) is 0 Å². The summed E-state index contributed by atoms with van der Waals surface area (Å²) in [6.07, 6.45) is -3.08. The van der Waals surface area contributed by atoms with Gasteiger partial charge in [0.1, 0.15) is 18.3 Å². The van der Waals surface area contributed by atoms with Crippen molar-refractivity contribution in [3.8, 4) is 0 Å². The average molecular weight is 438 g/mol. The molecule has 31 heavy (non-hydrogen) atoms. The normalized spacial score (nSPS) is 58.7. The molecule has 0 aromatic carbocycles. The van der Waals surface area contributed by atoms with Crippen molar-refractivity contribution in [3.63, 3.8) is 0 Å². The molecule has 0 bridgehead atoms. The number of methoxy groups -OCH3 is 2. The summed E-state index contributed by atoms with van der Waals surface area (Å²) >= 11 is 0. The first kappa shape index (κ1) is 20.4. The molecule has 9 nitrogen and oxygen atoms in total. The quantitative estimate of drug-likeness (QED) is 0.625. The van der Waals surface area contributed by atoms with Crippen molar-refractivity contribution in [3.05, 3.63) is 0 Å². The third kappa shape index (κ3) is 1.62. The fourth-order valence-corrected chi connectivity index (χ4v) is 8.91. The summed E-state index contributed by atoms with van der Waals surface area (Å²) in [6.45, 7) is 8.10. The number of carbonyl (C=O) groups is 2. The number of esters is 2. The molecule has 6 fully saturated rings. The molecule has 6 aliphatic rings. The lowest BCUT2D eigenvalue weighted by Crippen LogP contribution is -2.67. The monoisotopic (exact) mass is 438 g/mol. The van der Waals surface area contributed by atoms with Crippen molar-refractivity contribution in [1.82, 2.24) is 0 Å². The first-order valence-corrected chi connectivity index (χ1v) is 11.0. The van der Waals surface area contributed by atoms with Crippen LogP contribution in [0, 0.1) is 28.1 Å². The summed E-state index contributed by atoms with van der Waals surface area (Å²) in [6, 6.07) is 0. The van der Waals surface area contributed by atoms with Gasteiger partial charge in [-0.2, -0.15) is 0 Å². The second kappa shape index (κ2) is 5.44. The highest BCUT2D eigenvalue weighted by Crippen LogP contribution is 2.85. The summed E-state index contributed by atoms with van der Waals surface area (Å²) in [4.78, 5) is 26.4. The van der Waals surface area contributed by atoms with Gasteiger partial charge in [-0.05, 0) is 24.7 Å². The molecule has 6 unspecified atom stereocenters. The molecule has 11 atom stereocenters. The van der Waals surface area contributed by atoms with Gasteiger partial charge in [0.05, 0.1) is 16.7 Å². The van der Waals surface area contributed by atoms with E-state index in [1.165, 1.54) is 7.11 Å². The second-order valence-electron chi connectivity index (χ2n) is 11.1. The van der Waals surface area contributed by atoms with Crippen LogP contribution < -0.4 is 0 Å². The van der Waals surface area contributed by atoms with Crippen LogP contribution in [0.3, 0.4) is 0 Å². The molecular weight excluding hydrogens is 408 g/mol. The van der Waals surface area contributed by atoms with Crippen molar-refractivity contribution in [2.45, 2.75) is 82.6 Å². The van der Waals surface area contributed by atoms with Crippen LogP contribution in [0.15, 0.2) is 0 Å². The topological polar surface area (TPSA) is 110 Å². The highest BCUT2D eigenvalue weighted by Gasteiger charge is 3.01. The van der Waals surface area contributed by atoms with Gasteiger partial charge in [0, 0.05) is 20.6 Å². The molecule has 172 valence electrons. The zero-order valence-corrected chi connectivity index (χ0v) is 18.7. The molecule has 0 aromatic heterocycles. The first-order chi connectivity index (χ1) is 14.5. The van der Waals surface area contributed by atoms with Gasteiger partial charge in [-0.3, -0.25) is 4.79 Å². The lowest BCUT2D eigenvalue weighted by Gasteiger charge is -2.49. The van der Waals surface area contributed by atoms with Crippen LogP contribution in [0.4, 0.5) is 0 Å². The van der Waals surface area contributed by atoms with E-state index in [9.17, 15) is 14.7 Å². The largest absolute Gasteiger partial charge is 0.459 e. The van der Waals surface area contributed by atoms with E-state index in [2.05, 4.69) is 20.8 Å². The zero-order valence-electron chi connectivity index (χ0n) is 18.7. The van der Waals surface area contributed by atoms with E-state index in [0.29, 0.717) is 12.8 Å². The maximum atomic E-state index is 13.7. The minimum absolute atomic E-state index is 0.0502. The van der Waals surface area contributed by atoms with Crippen LogP contribution in [-0.4, -0.2) is 73.4 Å². The number of hydrogen-bond donors (Lipinski definition) is 1. The van der Waals surface area contributed by atoms with Crippen LogP contribution in [0.5, 0.6) is 0 Å². The van der Waals surface area contributed by atoms with Gasteiger partial charge in [0.2, 0.25) is 5.60 Å². The minimum Gasteiger partial charge on any atom is -0.459 e. The Hall–Kier alpha value is -1.26. The van der Waals surface area contributed by atoms with Gasteiger partial charge in [0.15, 0.2) is 18.2 Å². The predicted octanol–water partition coefficient (Wildman–Crippen LogP) is 0.760. The molecule has 9 heteroatoms. The summed E-state index contributed by atoms with van der Waals surface area (Å²) in [5.74, 6) is -1.74. The fourth-order valence-electron chi connectivity index (χ4n) is 8.91. The molecule has 4 aliphatic heterocycles. The lowest BCUT2D eigenvalue weighted by molar-refractivity contribution is -0.268. The van der Waals surface area contributed by atoms with E-state index in [1.54, 1.807) is 14.0 Å². The number of ether oxygens (including phenoxy) is 6. The fraction of sp³-hybridized carbons (Fsp3) is 0.909. The molecule has 0 amide bonds. The average Bonchev–Trinajstić information content (AvgIpc) is 3.39. The van der Waals surface area contributed by atoms with Crippen molar-refractivity contribution < 1.29 is 43.1 Å². The second-order valence-corrected chi connectivity index (χ2v) is 11.1. The molecule has 4 heterocycles. The molecule has 0 radical (unpaired) electrons. The first-order valence-electron chi connectivity index (χ1n) is 11.0. The maximum absolute atomic E-state index is 13.7. The Balaban J connectivity index is 1.69. The van der Waals surface area contributed by atoms with Crippen LogP contribution in [-0.2, 0) is 38.0 Å². The Bertz CT molecular complexity index is 883. The maximum Gasteiger partial charge on any atom is 0.342 e. The van der Waals surface area contributed by atoms with E-state index in [-0.39, 0.29) is 11.3 Å². The molecule has 2 spiro atoms. The van der Waals surface area contributed by atoms with Crippen LogP contribution in [0.2, 0.25) is 0 Å². The number of carbonyl (C=O) groups excluding carboxylic acids is 2. The molecule has 4 saturated heterocycles. The third-order valence-electron chi connectivity index (χ3n) is 9.61. The van der Waals surface area contributed by atoms with Gasteiger partial charge in [-0.1, -0.05) is 20.8 Å². The molecule has 1 N–H and O–H groups in total. The highest BCUT2D eigenvalue weighted by atomic mass is 16.8. The smallest absolute Gasteiger partial charge is 0.342 e. The van der Waals surface area contributed by atoms with Crippen molar-refractivity contribution >= 4 is 11.9 Å². The molecule has 0 aromatic rings. The standard InChI is InChI=1S/C22H30O9/c1-9-14(23)28-12-8-19-11-7-10(18(2,3)4)20(19)13(26-5)15(24)30-17(20)31-22(19,16(25)29-11)21(9,12)27-6/h9-13,15,17,24H,7-8H2,1-6H3/t9-,10?,11?,12?,13+,15+,17+,19?,20?,21-,22?/m1/s1. The van der Waals surface area contributed by atoms with Gasteiger partial charge < -0.3 is 33.5 Å². The molecule has 2 saturated carbocycles. The van der Waals surface area contributed by atoms with Crippen molar-refractivity contribution in [2.75, 3.05) is 14.2 Å². The van der Waals surface area contributed by atoms with E-state index in [4.69, 9.17) is 28.4 Å². The molecule has 2 aliphatic carbocycles. The highest BCUT2D eigenvalue weighted by molar-refractivity contribution is 5.92. The number of aliphatic hydroxyl groups excluding tert-OH is 1. The van der Waals surface area contributed by atoms with Crippen molar-refractivity contribution in [2.24, 2.45) is 28.1 Å². The van der Waals surface area contributed by atoms with Crippen LogP contribution >= 0.6 is 0 Å². The molecular formula is C22H30O9. The number of rotatable bonds is 2. The number of hydrogen-bond acceptors (Lipinski definition) is 9. The van der Waals surface area contributed by atoms with E-state index >= 15 is 0 Å². The Morgan fingerprint density at radius 3 is 2.45 bits per heavy atom. The Labute approximate surface area is 180 Å². The van der Waals surface area contributed by atoms with Gasteiger partial charge >= 0.3 is 11.9 Å². The minimum atomic E-state index is -1.59. The van der Waals surface area contributed by atoms with Gasteiger partial charge in [0.25, 0.3) is 0 Å². The van der Waals surface area contributed by atoms with Gasteiger partial charge in [-0.15, -0.1) is 0 Å². The van der Waals surface area contributed by atoms with Crippen LogP contribution in [0.1, 0.15) is 40.5 Å². The summed E-state index contributed by atoms with van der Waals surface area (Å²) in [5, 5.41) is 10.8. The number of fused-ring (bicyclic) bond motifs is 1. The third-order valence-corrected chi connectivity index (χ3v) is 9.61. The summed E-state index contributed by atoms with van der Waals surface area (Å²) < 4.78 is 36.4. The van der Waals surface area contributed by atoms with E-state index in [0.717, 1.165) is 0 Å². The SMILES string of the molecule is CO[C@H]1[C@@H](O)O[C@H]2OC34C(=O)OC5CC(C(C)(C)C)C21C53CC1OC(=O)[C@@H](C)[C@@]14OC. The Morgan fingerprint density at radius 1 is 1.13 bits per heavy atom. The van der Waals surface area contributed by atoms with Crippen LogP contribution in [0.25, 0.3) is 0 Å². The lowest BCUT2D eigenvalue weighted by atomic mass is 9.51. The summed E-state index contributed by atoms with van der Waals surface area (Å²) in [5.41, 5.74) is -4.96. The zero-order chi connectivity index (χ0) is 22.4. The Kier molecular flexibility index (Phi) is 3.57. The predicted molar refractivity (Wildman–Crippen MR) is 101 cm³/mol. The van der Waals surface area contributed by atoms with Gasteiger partial charge in [-0.25, -0.2) is 4.79 Å². The Morgan fingerprint density at radius 2 is 1.84 bits per heavy atom. The summed E-state index contributed by atoms with van der Waals surface area (Å²) in [7, 11) is 3.03. The molecule has 6 rings (SSSR count). The van der Waals surface area contributed by atoms with E-state index < -0.39 is 70.8 Å². The van der Waals surface area contributed by atoms with E-state index in [1.807, 2.05) is 0 Å². The number of aliphatic hydroxyl groups is 1.